The number of ether oxygens (including phenoxy) is 5. The van der Waals surface area contributed by atoms with Crippen molar-refractivity contribution in [1.82, 2.24) is 10.6 Å². The Kier molecular flexibility index (Phi) is 22.0. The number of hydrogen-bond donors (Lipinski definition) is 5. The van der Waals surface area contributed by atoms with Crippen LogP contribution in [0.2, 0.25) is 0 Å². The van der Waals surface area contributed by atoms with Gasteiger partial charge in [0.05, 0.1) is 42.7 Å². The van der Waals surface area contributed by atoms with Gasteiger partial charge in [-0.3, -0.25) is 14.4 Å². The number of carbonyl (C=O) groups excluding carboxylic acids is 4. The predicted molar refractivity (Wildman–Crippen MR) is 317 cm³/mol. The van der Waals surface area contributed by atoms with Gasteiger partial charge < -0.3 is 50.3 Å². The van der Waals surface area contributed by atoms with Crippen molar-refractivity contribution in [1.29, 1.82) is 0 Å². The van der Waals surface area contributed by atoms with Gasteiger partial charge in [0.2, 0.25) is 0 Å². The van der Waals surface area contributed by atoms with Crippen molar-refractivity contribution >= 4 is 35.7 Å². The number of nitrogens with one attached hydrogen (secondary N) is 2. The lowest BCUT2D eigenvalue weighted by Crippen LogP contribution is -2.56. The van der Waals surface area contributed by atoms with Gasteiger partial charge in [-0.25, -0.2) is 27.6 Å². The van der Waals surface area contributed by atoms with E-state index in [4.69, 9.17) is 34.5 Å². The first-order chi connectivity index (χ1) is 40.5. The predicted octanol–water partition coefficient (Wildman–Crippen LogP) is 10.7. The van der Waals surface area contributed by atoms with Crippen LogP contribution in [0, 0.1) is 38.2 Å². The first-order valence-corrected chi connectivity index (χ1v) is 28.4. The van der Waals surface area contributed by atoms with Crippen molar-refractivity contribution in [2.75, 3.05) is 13.2 Å². The second-order valence-electron chi connectivity index (χ2n) is 22.4. The molecule has 19 heteroatoms. The van der Waals surface area contributed by atoms with Crippen LogP contribution in [0.1, 0.15) is 137 Å². The van der Waals surface area contributed by atoms with Gasteiger partial charge >= 0.3 is 23.9 Å². The molecule has 3 atom stereocenters. The smallest absolute Gasteiger partial charge is 0.339 e. The number of aromatic carboxylic acids is 1. The number of amides is 2. The molecule has 458 valence electrons. The monoisotopic (exact) mass is 1190 g/mol. The summed E-state index contributed by atoms with van der Waals surface area (Å²) >= 11 is 0. The van der Waals surface area contributed by atoms with Gasteiger partial charge in [0.25, 0.3) is 11.8 Å². The molecule has 0 saturated carbocycles. The molecule has 16 nitrogen and oxygen atoms in total. The summed E-state index contributed by atoms with van der Waals surface area (Å²) in [6.07, 6.45) is 1.07. The van der Waals surface area contributed by atoms with E-state index in [1.165, 1.54) is 36.4 Å². The van der Waals surface area contributed by atoms with E-state index in [1.54, 1.807) is 68.4 Å². The van der Waals surface area contributed by atoms with Crippen LogP contribution in [-0.4, -0.2) is 94.0 Å². The second-order valence-corrected chi connectivity index (χ2v) is 22.4. The summed E-state index contributed by atoms with van der Waals surface area (Å²) in [6.45, 7) is 20.7. The number of benzene rings is 6. The molecule has 6 aromatic carbocycles. The SMILES string of the molecule is CCOC(=O)C1(N)Cc2ccc(F)cc2C1.CCOC(=O)C1(NC(=O)c2cccc(C)c2OC(C)C)Cc2ccc(F)cc2C1.Cc1cccc(C(=O)NC2(C(=O)O)Cc3ccc(F)cc3C2)c1OC(C)C.Cc1cccc(C(=O)O)c1OC(C)C. The largest absolute Gasteiger partial charge is 0.490 e. The van der Waals surface area contributed by atoms with Crippen LogP contribution in [0.5, 0.6) is 17.2 Å². The molecule has 0 aliphatic heterocycles. The molecule has 6 aromatic rings. The highest BCUT2D eigenvalue weighted by atomic mass is 19.1. The van der Waals surface area contributed by atoms with Crippen LogP contribution in [0.25, 0.3) is 0 Å². The molecule has 0 radical (unpaired) electrons. The van der Waals surface area contributed by atoms with Gasteiger partial charge in [0, 0.05) is 38.5 Å². The number of aryl methyl sites for hydroxylation is 3. The van der Waals surface area contributed by atoms with Crippen molar-refractivity contribution in [2.24, 2.45) is 5.73 Å². The highest BCUT2D eigenvalue weighted by molar-refractivity contribution is 6.02. The summed E-state index contributed by atoms with van der Waals surface area (Å²) in [5.74, 6) is -3.69. The van der Waals surface area contributed by atoms with E-state index in [1.807, 2.05) is 80.5 Å². The fourth-order valence-corrected chi connectivity index (χ4v) is 10.5. The van der Waals surface area contributed by atoms with Gasteiger partial charge in [0.1, 0.15) is 56.9 Å². The quantitative estimate of drug-likeness (QED) is 0.0567. The van der Waals surface area contributed by atoms with Crippen molar-refractivity contribution < 1.29 is 75.8 Å². The van der Waals surface area contributed by atoms with Crippen molar-refractivity contribution in [3.63, 3.8) is 0 Å². The Bertz CT molecular complexity index is 3500. The minimum atomic E-state index is -1.51. The summed E-state index contributed by atoms with van der Waals surface area (Å²) in [5, 5.41) is 24.3. The number of hydrogen-bond acceptors (Lipinski definition) is 12. The van der Waals surface area contributed by atoms with Crippen LogP contribution >= 0.6 is 0 Å². The lowest BCUT2D eigenvalue weighted by molar-refractivity contribution is -0.150. The van der Waals surface area contributed by atoms with Gasteiger partial charge in [-0.2, -0.15) is 0 Å². The minimum Gasteiger partial charge on any atom is -0.490 e. The topological polar surface area (TPSA) is 239 Å². The number of halogens is 3. The van der Waals surface area contributed by atoms with E-state index in [2.05, 4.69) is 10.6 Å². The Morgan fingerprint density at radius 2 is 0.802 bits per heavy atom. The molecule has 0 spiro atoms. The standard InChI is InChI=1S/C23H26FNO4.C21H22FNO4.C12H14FNO2.C11H14O3/c1-5-28-22(27)23(12-16-9-10-18(24)11-17(16)13-23)25-21(26)19-8-6-7-15(4)20(19)29-14(2)3;1-12(2)27-18-13(3)5-4-6-17(18)19(24)23-21(20(25)26)10-14-7-8-16(22)9-15(14)11-21;1-2-16-11(15)12(14)6-8-3-4-10(13)5-9(8)7-12;1-7(2)14-10-8(3)5-4-6-9(10)11(12)13/h6-11,14H,5,12-13H2,1-4H3,(H,25,26);4-9,12H,10-11H2,1-3H3,(H,23,24)(H,25,26);3-5H,2,6-7,14H2,1H3;4-7H,1-3H3,(H,12,13). The van der Waals surface area contributed by atoms with Crippen LogP contribution in [0.4, 0.5) is 13.2 Å². The summed E-state index contributed by atoms with van der Waals surface area (Å²) < 4.78 is 67.5. The number of nitrogens with two attached hydrogens (primary N) is 1. The van der Waals surface area contributed by atoms with Crippen molar-refractivity contribution in [2.45, 2.75) is 150 Å². The van der Waals surface area contributed by atoms with E-state index in [0.717, 1.165) is 38.9 Å². The summed E-state index contributed by atoms with van der Waals surface area (Å²) in [7, 11) is 0. The molecule has 0 fully saturated rings. The molecule has 0 saturated heterocycles. The Hall–Kier alpha value is -8.71. The molecule has 3 unspecified atom stereocenters. The van der Waals surface area contributed by atoms with Crippen molar-refractivity contribution in [3.05, 3.63) is 193 Å². The third-order valence-electron chi connectivity index (χ3n) is 14.4. The first-order valence-electron chi connectivity index (χ1n) is 28.4. The molecule has 6 N–H and O–H groups in total. The summed E-state index contributed by atoms with van der Waals surface area (Å²) in [4.78, 5) is 73.6. The zero-order valence-corrected chi connectivity index (χ0v) is 50.4. The number of carboxylic acids is 2. The molecule has 0 bridgehead atoms. The van der Waals surface area contributed by atoms with Crippen LogP contribution in [0.3, 0.4) is 0 Å². The van der Waals surface area contributed by atoms with E-state index in [9.17, 15) is 47.0 Å². The average Bonchev–Trinajstić information content (AvgIpc) is 2.04. The Morgan fingerprint density at radius 3 is 1.20 bits per heavy atom. The van der Waals surface area contributed by atoms with Gasteiger partial charge in [0.15, 0.2) is 0 Å². The fourth-order valence-electron chi connectivity index (χ4n) is 10.5. The lowest BCUT2D eigenvalue weighted by atomic mass is 9.94. The number of carboxylic acid groups (broad SMARTS) is 2. The highest BCUT2D eigenvalue weighted by Gasteiger charge is 2.48. The maximum absolute atomic E-state index is 13.7. The molecular formula is C67H76F3N3O13. The Labute approximate surface area is 499 Å². The van der Waals surface area contributed by atoms with Gasteiger partial charge in [-0.1, -0.05) is 54.6 Å². The Morgan fingerprint density at radius 1 is 0.477 bits per heavy atom. The molecular weight excluding hydrogens is 1110 g/mol. The third kappa shape index (κ3) is 16.2. The third-order valence-corrected chi connectivity index (χ3v) is 14.4. The number of para-hydroxylation sites is 3. The van der Waals surface area contributed by atoms with Crippen LogP contribution < -0.4 is 30.6 Å². The van der Waals surface area contributed by atoms with E-state index in [0.29, 0.717) is 53.4 Å². The maximum Gasteiger partial charge on any atom is 0.339 e. The number of esters is 2. The second kappa shape index (κ2) is 28.5. The number of fused-ring (bicyclic) bond motifs is 3. The molecule has 3 aliphatic rings. The minimum absolute atomic E-state index is 0.0193. The van der Waals surface area contributed by atoms with Gasteiger partial charge in [-0.15, -0.1) is 0 Å². The number of aliphatic carboxylic acids is 1. The zero-order valence-electron chi connectivity index (χ0n) is 50.4. The van der Waals surface area contributed by atoms with Gasteiger partial charge in [-0.05, 0) is 181 Å². The lowest BCUT2D eigenvalue weighted by Gasteiger charge is -2.28. The summed E-state index contributed by atoms with van der Waals surface area (Å²) in [6, 6.07) is 28.7. The van der Waals surface area contributed by atoms with E-state index in [-0.39, 0.29) is 73.4 Å². The molecule has 9 rings (SSSR count). The number of rotatable bonds is 16. The van der Waals surface area contributed by atoms with E-state index < -0.39 is 58.1 Å². The molecule has 0 aromatic heterocycles. The molecule has 0 heterocycles. The maximum atomic E-state index is 13.7. The average molecular weight is 1190 g/mol. The molecule has 86 heavy (non-hydrogen) atoms. The fraction of sp³-hybridized carbons (Fsp3) is 0.373. The number of carbonyl (C=O) groups is 6. The van der Waals surface area contributed by atoms with Crippen LogP contribution in [-0.2, 0) is 62.4 Å². The first kappa shape index (κ1) is 66.4. The summed E-state index contributed by atoms with van der Waals surface area (Å²) in [5.41, 5.74) is 10.1. The van der Waals surface area contributed by atoms with E-state index >= 15 is 0 Å². The normalized spacial score (nSPS) is 17.7. The molecule has 2 amide bonds. The Balaban J connectivity index is 0.000000191. The van der Waals surface area contributed by atoms with Crippen LogP contribution in [0.15, 0.2) is 109 Å². The molecule has 3 aliphatic carbocycles. The zero-order chi connectivity index (χ0) is 63.4. The highest BCUT2D eigenvalue weighted by Crippen LogP contribution is 2.36. The van der Waals surface area contributed by atoms with Crippen molar-refractivity contribution in [3.8, 4) is 17.2 Å².